The quantitative estimate of drug-likeness (QED) is 0.224. The average molecular weight is 493 g/mol. The van der Waals surface area contributed by atoms with Gasteiger partial charge < -0.3 is 20.4 Å². The first-order valence-electron chi connectivity index (χ1n) is 10.6. The normalized spacial score (nSPS) is 21.5. The summed E-state index contributed by atoms with van der Waals surface area (Å²) in [7, 11) is 0. The van der Waals surface area contributed by atoms with Gasteiger partial charge in [-0.25, -0.2) is 0 Å². The summed E-state index contributed by atoms with van der Waals surface area (Å²) in [5.41, 5.74) is 0. The third-order valence-electron chi connectivity index (χ3n) is 5.15. The maximum Gasteiger partial charge on any atom is 0.222 e. The minimum Gasteiger partial charge on any atom is -0.357 e. The molecule has 1 unspecified atom stereocenters. The van der Waals surface area contributed by atoms with Crippen LogP contribution in [0.2, 0.25) is 0 Å². The number of amides is 1. The third kappa shape index (κ3) is 9.45. The maximum absolute atomic E-state index is 11.6. The van der Waals surface area contributed by atoms with Gasteiger partial charge in [0.1, 0.15) is 0 Å². The first kappa shape index (κ1) is 24.5. The molecular weight excluding hydrogens is 453 g/mol. The number of nitrogens with one attached hydrogen (secondary N) is 2. The number of halogens is 1. The third-order valence-corrected chi connectivity index (χ3v) is 5.15. The van der Waals surface area contributed by atoms with E-state index >= 15 is 0 Å². The smallest absolute Gasteiger partial charge is 0.222 e. The topological polar surface area (TPSA) is 60.0 Å². The lowest BCUT2D eigenvalue weighted by atomic mass is 9.97. The summed E-state index contributed by atoms with van der Waals surface area (Å²) in [5.74, 6) is 2.63. The van der Waals surface area contributed by atoms with Gasteiger partial charge in [-0.3, -0.25) is 9.79 Å². The molecule has 158 valence electrons. The molecule has 0 bridgehead atoms. The van der Waals surface area contributed by atoms with E-state index in [2.05, 4.69) is 36.3 Å². The van der Waals surface area contributed by atoms with Gasteiger partial charge in [0.05, 0.1) is 0 Å². The van der Waals surface area contributed by atoms with Crippen LogP contribution in [-0.2, 0) is 4.79 Å². The molecule has 7 heteroatoms. The predicted molar refractivity (Wildman–Crippen MR) is 124 cm³/mol. The Hall–Kier alpha value is -0.570. The highest BCUT2D eigenvalue weighted by atomic mass is 127. The van der Waals surface area contributed by atoms with Crippen LogP contribution in [0.5, 0.6) is 0 Å². The molecule has 6 nitrogen and oxygen atoms in total. The molecule has 2 aliphatic rings. The fourth-order valence-corrected chi connectivity index (χ4v) is 3.96. The molecule has 2 N–H and O–H groups in total. The number of aliphatic imine (C=N–C) groups is 1. The monoisotopic (exact) mass is 493 g/mol. The van der Waals surface area contributed by atoms with Crippen LogP contribution in [0.4, 0.5) is 0 Å². The van der Waals surface area contributed by atoms with E-state index in [-0.39, 0.29) is 24.0 Å². The van der Waals surface area contributed by atoms with Crippen LogP contribution in [0.25, 0.3) is 0 Å². The highest BCUT2D eigenvalue weighted by molar-refractivity contribution is 14.0. The molecule has 2 heterocycles. The van der Waals surface area contributed by atoms with Gasteiger partial charge in [-0.1, -0.05) is 13.8 Å². The first-order chi connectivity index (χ1) is 12.6. The fraction of sp³-hybridized carbons (Fsp3) is 0.900. The molecule has 0 aromatic rings. The second kappa shape index (κ2) is 13.6. The highest BCUT2D eigenvalue weighted by Gasteiger charge is 2.20. The van der Waals surface area contributed by atoms with Crippen LogP contribution in [0, 0.1) is 11.8 Å². The van der Waals surface area contributed by atoms with Crippen LogP contribution in [0.3, 0.4) is 0 Å². The van der Waals surface area contributed by atoms with Crippen molar-refractivity contribution >= 4 is 35.8 Å². The number of carbonyl (C=O) groups is 1. The number of rotatable bonds is 9. The Morgan fingerprint density at radius 3 is 2.74 bits per heavy atom. The van der Waals surface area contributed by atoms with E-state index in [1.54, 1.807) is 0 Å². The number of carbonyl (C=O) groups excluding carboxylic acids is 1. The summed E-state index contributed by atoms with van der Waals surface area (Å²) >= 11 is 0. The number of piperidine rings is 1. The number of nitrogens with zero attached hydrogens (tertiary/aromatic N) is 3. The molecule has 1 atom stereocenters. The molecule has 27 heavy (non-hydrogen) atoms. The first-order valence-corrected chi connectivity index (χ1v) is 10.6. The largest absolute Gasteiger partial charge is 0.357 e. The van der Waals surface area contributed by atoms with Gasteiger partial charge in [-0.05, 0) is 51.0 Å². The van der Waals surface area contributed by atoms with Gasteiger partial charge in [-0.15, -0.1) is 24.0 Å². The zero-order valence-electron chi connectivity index (χ0n) is 17.5. The second-order valence-electron chi connectivity index (χ2n) is 8.15. The Labute approximate surface area is 182 Å². The summed E-state index contributed by atoms with van der Waals surface area (Å²) in [6, 6.07) is 0. The van der Waals surface area contributed by atoms with E-state index in [1.165, 1.54) is 32.5 Å². The van der Waals surface area contributed by atoms with E-state index in [4.69, 9.17) is 4.99 Å². The van der Waals surface area contributed by atoms with Crippen LogP contribution in [0.1, 0.15) is 52.9 Å². The molecule has 2 rings (SSSR count). The molecule has 2 aliphatic heterocycles. The van der Waals surface area contributed by atoms with Crippen LogP contribution in [0.15, 0.2) is 4.99 Å². The van der Waals surface area contributed by atoms with Gasteiger partial charge in [0.15, 0.2) is 5.96 Å². The number of hydrogen-bond donors (Lipinski definition) is 2. The van der Waals surface area contributed by atoms with Crippen molar-refractivity contribution in [2.75, 3.05) is 52.4 Å². The van der Waals surface area contributed by atoms with Crippen molar-refractivity contribution in [3.63, 3.8) is 0 Å². The summed E-state index contributed by atoms with van der Waals surface area (Å²) in [5, 5.41) is 6.78. The average Bonchev–Trinajstić information content (AvgIpc) is 3.01. The summed E-state index contributed by atoms with van der Waals surface area (Å²) in [6.45, 7) is 14.7. The molecule has 1 amide bonds. The molecular formula is C20H40IN5O. The minimum atomic E-state index is 0. The lowest BCUT2D eigenvalue weighted by Gasteiger charge is -2.33. The molecule has 0 saturated carbocycles. The SMILES string of the molecule is CCNC(=NCC1CCCN(CC(C)C)C1)NCCCN1CCCC1=O.I. The molecule has 0 spiro atoms. The van der Waals surface area contributed by atoms with E-state index in [0.29, 0.717) is 11.8 Å². The van der Waals surface area contributed by atoms with E-state index < -0.39 is 0 Å². The Morgan fingerprint density at radius 2 is 2.07 bits per heavy atom. The van der Waals surface area contributed by atoms with Crippen molar-refractivity contribution in [3.05, 3.63) is 0 Å². The number of hydrogen-bond acceptors (Lipinski definition) is 3. The van der Waals surface area contributed by atoms with Crippen molar-refractivity contribution in [1.82, 2.24) is 20.4 Å². The van der Waals surface area contributed by atoms with Gasteiger partial charge in [-0.2, -0.15) is 0 Å². The second-order valence-corrected chi connectivity index (χ2v) is 8.15. The molecule has 0 aromatic carbocycles. The highest BCUT2D eigenvalue weighted by Crippen LogP contribution is 2.17. The molecule has 0 aliphatic carbocycles. The van der Waals surface area contributed by atoms with Gasteiger partial charge in [0.2, 0.25) is 5.91 Å². The lowest BCUT2D eigenvalue weighted by molar-refractivity contribution is -0.127. The zero-order chi connectivity index (χ0) is 18.8. The van der Waals surface area contributed by atoms with E-state index in [0.717, 1.165) is 63.9 Å². The van der Waals surface area contributed by atoms with Crippen LogP contribution >= 0.6 is 24.0 Å². The van der Waals surface area contributed by atoms with E-state index in [1.807, 2.05) is 4.90 Å². The summed E-state index contributed by atoms with van der Waals surface area (Å²) < 4.78 is 0. The van der Waals surface area contributed by atoms with Crippen molar-refractivity contribution in [2.45, 2.75) is 52.9 Å². The minimum absolute atomic E-state index is 0. The fourth-order valence-electron chi connectivity index (χ4n) is 3.96. The Kier molecular flexibility index (Phi) is 12.3. The van der Waals surface area contributed by atoms with Crippen molar-refractivity contribution in [1.29, 1.82) is 0 Å². The zero-order valence-corrected chi connectivity index (χ0v) is 19.8. The van der Waals surface area contributed by atoms with Gasteiger partial charge >= 0.3 is 0 Å². The Balaban J connectivity index is 0.00000364. The summed E-state index contributed by atoms with van der Waals surface area (Å²) in [6.07, 6.45) is 5.30. The van der Waals surface area contributed by atoms with Crippen molar-refractivity contribution in [3.8, 4) is 0 Å². The van der Waals surface area contributed by atoms with Gasteiger partial charge in [0.25, 0.3) is 0 Å². The van der Waals surface area contributed by atoms with Crippen molar-refractivity contribution in [2.24, 2.45) is 16.8 Å². The Bertz CT molecular complexity index is 458. The van der Waals surface area contributed by atoms with Gasteiger partial charge in [0, 0.05) is 52.2 Å². The van der Waals surface area contributed by atoms with Crippen molar-refractivity contribution < 1.29 is 4.79 Å². The molecule has 0 aromatic heterocycles. The molecule has 2 fully saturated rings. The van der Waals surface area contributed by atoms with E-state index in [9.17, 15) is 4.79 Å². The number of likely N-dealkylation sites (tertiary alicyclic amines) is 2. The Morgan fingerprint density at radius 1 is 1.26 bits per heavy atom. The summed E-state index contributed by atoms with van der Waals surface area (Å²) in [4.78, 5) is 21.0. The van der Waals surface area contributed by atoms with Crippen LogP contribution < -0.4 is 10.6 Å². The predicted octanol–water partition coefficient (Wildman–Crippen LogP) is 2.54. The maximum atomic E-state index is 11.6. The molecule has 0 radical (unpaired) electrons. The number of guanidine groups is 1. The molecule has 2 saturated heterocycles. The standard InChI is InChI=1S/C20H39N5O.HI/c1-4-21-20(22-10-7-13-25-12-6-9-19(25)26)23-14-18-8-5-11-24(16-18)15-17(2)3;/h17-18H,4-16H2,1-3H3,(H2,21,22,23);1H. The lowest BCUT2D eigenvalue weighted by Crippen LogP contribution is -2.41. The van der Waals surface area contributed by atoms with Crippen LogP contribution in [-0.4, -0.2) is 74.0 Å².